The molecular weight excluding hydrogens is 404 g/mol. The highest BCUT2D eigenvalue weighted by atomic mass is 127. The van der Waals surface area contributed by atoms with Gasteiger partial charge in [-0.25, -0.2) is 4.39 Å². The molecule has 0 atom stereocenters. The molecule has 0 radical (unpaired) electrons. The lowest BCUT2D eigenvalue weighted by molar-refractivity contribution is 0.624. The Labute approximate surface area is 154 Å². The molecule has 0 saturated carbocycles. The normalized spacial score (nSPS) is 11.0. The van der Waals surface area contributed by atoms with Crippen LogP contribution in [0.4, 0.5) is 10.1 Å². The monoisotopic (exact) mass is 427 g/mol. The minimum atomic E-state index is -0.197. The molecule has 0 aliphatic carbocycles. The smallest absolute Gasteiger partial charge is 0.193 e. The first kappa shape index (κ1) is 19.4. The van der Waals surface area contributed by atoms with Gasteiger partial charge in [0.05, 0.1) is 0 Å². The van der Waals surface area contributed by atoms with Gasteiger partial charge in [-0.15, -0.1) is 24.0 Å². The molecule has 3 N–H and O–H groups in total. The summed E-state index contributed by atoms with van der Waals surface area (Å²) in [5, 5.41) is 3.09. The van der Waals surface area contributed by atoms with E-state index >= 15 is 0 Å². The summed E-state index contributed by atoms with van der Waals surface area (Å²) in [6.45, 7) is 4.75. The molecule has 0 spiro atoms. The minimum absolute atomic E-state index is 0. The Morgan fingerprint density at radius 3 is 2.61 bits per heavy atom. The van der Waals surface area contributed by atoms with Crippen LogP contribution in [0.1, 0.15) is 23.1 Å². The Morgan fingerprint density at radius 2 is 1.91 bits per heavy atom. The fourth-order valence-electron chi connectivity index (χ4n) is 2.18. The molecule has 3 nitrogen and oxygen atoms in total. The first-order valence-electron chi connectivity index (χ1n) is 7.43. The van der Waals surface area contributed by atoms with Crippen molar-refractivity contribution in [2.45, 2.75) is 26.7 Å². The highest BCUT2D eigenvalue weighted by molar-refractivity contribution is 14.0. The molecule has 0 bridgehead atoms. The molecule has 124 valence electrons. The van der Waals surface area contributed by atoms with E-state index in [1.807, 2.05) is 18.2 Å². The van der Waals surface area contributed by atoms with E-state index in [1.54, 1.807) is 12.1 Å². The number of nitrogens with two attached hydrogens (primary N) is 1. The summed E-state index contributed by atoms with van der Waals surface area (Å²) in [6, 6.07) is 12.7. The van der Waals surface area contributed by atoms with Gasteiger partial charge in [0.15, 0.2) is 5.96 Å². The van der Waals surface area contributed by atoms with Crippen LogP contribution in [0.25, 0.3) is 0 Å². The number of nitrogens with one attached hydrogen (secondary N) is 1. The van der Waals surface area contributed by atoms with Crippen molar-refractivity contribution in [2.24, 2.45) is 10.7 Å². The molecule has 0 aliphatic heterocycles. The molecule has 0 heterocycles. The van der Waals surface area contributed by atoms with Crippen LogP contribution in [-0.4, -0.2) is 12.5 Å². The second-order valence-electron chi connectivity index (χ2n) is 5.42. The summed E-state index contributed by atoms with van der Waals surface area (Å²) in [6.07, 6.45) is 1.62. The van der Waals surface area contributed by atoms with Gasteiger partial charge in [0.1, 0.15) is 5.82 Å². The first-order chi connectivity index (χ1) is 10.5. The Morgan fingerprint density at radius 1 is 1.13 bits per heavy atom. The average molecular weight is 427 g/mol. The zero-order chi connectivity index (χ0) is 15.9. The molecule has 0 aliphatic rings. The second-order valence-corrected chi connectivity index (χ2v) is 5.42. The van der Waals surface area contributed by atoms with Crippen molar-refractivity contribution < 1.29 is 4.39 Å². The Kier molecular flexibility index (Phi) is 8.02. The molecule has 0 fully saturated rings. The third kappa shape index (κ3) is 6.56. The summed E-state index contributed by atoms with van der Waals surface area (Å²) >= 11 is 0. The van der Waals surface area contributed by atoms with Crippen molar-refractivity contribution >= 4 is 35.6 Å². The minimum Gasteiger partial charge on any atom is -0.370 e. The zero-order valence-corrected chi connectivity index (χ0v) is 15.8. The van der Waals surface area contributed by atoms with Crippen molar-refractivity contribution in [3.8, 4) is 0 Å². The number of hydrogen-bond acceptors (Lipinski definition) is 1. The topological polar surface area (TPSA) is 50.4 Å². The van der Waals surface area contributed by atoms with Crippen LogP contribution < -0.4 is 11.1 Å². The Balaban J connectivity index is 0.00000264. The van der Waals surface area contributed by atoms with Crippen LogP contribution >= 0.6 is 24.0 Å². The van der Waals surface area contributed by atoms with Crippen LogP contribution in [-0.2, 0) is 6.42 Å². The van der Waals surface area contributed by atoms with Gasteiger partial charge >= 0.3 is 0 Å². The fourth-order valence-corrected chi connectivity index (χ4v) is 2.18. The first-order valence-corrected chi connectivity index (χ1v) is 7.43. The van der Waals surface area contributed by atoms with Gasteiger partial charge in [-0.1, -0.05) is 18.2 Å². The number of hydrogen-bond donors (Lipinski definition) is 2. The van der Waals surface area contributed by atoms with Crippen LogP contribution in [0.3, 0.4) is 0 Å². The predicted octanol–water partition coefficient (Wildman–Crippen LogP) is 4.42. The highest BCUT2D eigenvalue weighted by Crippen LogP contribution is 2.13. The Bertz CT molecular complexity index is 671. The number of nitrogens with zero attached hydrogens (tertiary/aromatic N) is 1. The van der Waals surface area contributed by atoms with E-state index in [2.05, 4.69) is 30.2 Å². The lowest BCUT2D eigenvalue weighted by atomic mass is 10.1. The van der Waals surface area contributed by atoms with Gasteiger partial charge in [0, 0.05) is 12.2 Å². The maximum atomic E-state index is 13.1. The highest BCUT2D eigenvalue weighted by Gasteiger charge is 1.99. The van der Waals surface area contributed by atoms with Crippen LogP contribution in [0.15, 0.2) is 47.5 Å². The van der Waals surface area contributed by atoms with Gasteiger partial charge in [0.2, 0.25) is 0 Å². The largest absolute Gasteiger partial charge is 0.370 e. The average Bonchev–Trinajstić information content (AvgIpc) is 2.48. The third-order valence-electron chi connectivity index (χ3n) is 3.57. The number of guanidine groups is 1. The van der Waals surface area contributed by atoms with Gasteiger partial charge in [-0.2, -0.15) is 0 Å². The second kappa shape index (κ2) is 9.50. The summed E-state index contributed by atoms with van der Waals surface area (Å²) in [4.78, 5) is 4.30. The fraction of sp³-hybridized carbons (Fsp3) is 0.278. The zero-order valence-electron chi connectivity index (χ0n) is 13.5. The van der Waals surface area contributed by atoms with E-state index in [0.29, 0.717) is 12.5 Å². The van der Waals surface area contributed by atoms with E-state index < -0.39 is 0 Å². The van der Waals surface area contributed by atoms with Crippen molar-refractivity contribution in [2.75, 3.05) is 11.9 Å². The van der Waals surface area contributed by atoms with E-state index in [-0.39, 0.29) is 29.8 Å². The van der Waals surface area contributed by atoms with E-state index in [4.69, 9.17) is 5.73 Å². The number of rotatable bonds is 5. The Hall–Kier alpha value is -1.63. The molecule has 0 aromatic heterocycles. The van der Waals surface area contributed by atoms with Crippen molar-refractivity contribution in [1.29, 1.82) is 0 Å². The van der Waals surface area contributed by atoms with E-state index in [9.17, 15) is 4.39 Å². The van der Waals surface area contributed by atoms with Gasteiger partial charge in [-0.05, 0) is 67.6 Å². The van der Waals surface area contributed by atoms with Crippen molar-refractivity contribution in [3.05, 3.63) is 65.0 Å². The van der Waals surface area contributed by atoms with E-state index in [1.165, 1.54) is 17.2 Å². The van der Waals surface area contributed by atoms with Gasteiger partial charge in [0.25, 0.3) is 0 Å². The maximum absolute atomic E-state index is 13.1. The molecule has 2 aromatic carbocycles. The summed E-state index contributed by atoms with van der Waals surface area (Å²) in [5.74, 6) is 0.208. The maximum Gasteiger partial charge on any atom is 0.193 e. The van der Waals surface area contributed by atoms with Crippen LogP contribution in [0.5, 0.6) is 0 Å². The SMILES string of the molecule is Cc1ccc(NC(N)=NCCCc2cccc(F)c2)cc1C.I. The number of aliphatic imine (C=N–C) groups is 1. The van der Waals surface area contributed by atoms with Crippen LogP contribution in [0.2, 0.25) is 0 Å². The number of anilines is 1. The third-order valence-corrected chi connectivity index (χ3v) is 3.57. The summed E-state index contributed by atoms with van der Waals surface area (Å²) < 4.78 is 13.1. The molecule has 5 heteroatoms. The molecular formula is C18H23FIN3. The summed E-state index contributed by atoms with van der Waals surface area (Å²) in [7, 11) is 0. The molecule has 0 amide bonds. The lowest BCUT2D eigenvalue weighted by Gasteiger charge is -2.08. The van der Waals surface area contributed by atoms with Crippen molar-refractivity contribution in [1.82, 2.24) is 0 Å². The van der Waals surface area contributed by atoms with Gasteiger partial charge in [-0.3, -0.25) is 4.99 Å². The predicted molar refractivity (Wildman–Crippen MR) is 106 cm³/mol. The molecule has 0 unspecified atom stereocenters. The molecule has 0 saturated heterocycles. The van der Waals surface area contributed by atoms with Crippen molar-refractivity contribution in [3.63, 3.8) is 0 Å². The van der Waals surface area contributed by atoms with Crippen LogP contribution in [0, 0.1) is 19.7 Å². The quantitative estimate of drug-likeness (QED) is 0.321. The lowest BCUT2D eigenvalue weighted by Crippen LogP contribution is -2.23. The van der Waals surface area contributed by atoms with E-state index in [0.717, 1.165) is 24.1 Å². The number of halogens is 2. The standard InChI is InChI=1S/C18H22FN3.HI/c1-13-8-9-17(11-14(13)2)22-18(20)21-10-4-6-15-5-3-7-16(19)12-15;/h3,5,7-9,11-12H,4,6,10H2,1-2H3,(H3,20,21,22);1H. The molecule has 23 heavy (non-hydrogen) atoms. The molecule has 2 aromatic rings. The number of aryl methyl sites for hydroxylation is 3. The summed E-state index contributed by atoms with van der Waals surface area (Å²) in [5.41, 5.74) is 10.3. The number of benzene rings is 2. The van der Waals surface area contributed by atoms with Gasteiger partial charge < -0.3 is 11.1 Å². The molecule has 2 rings (SSSR count).